The highest BCUT2D eigenvalue weighted by molar-refractivity contribution is 5.69. The molecule has 4 N–H and O–H groups in total. The van der Waals surface area contributed by atoms with Crippen LogP contribution >= 0.6 is 0 Å². The smallest absolute Gasteiger partial charge is 0.351 e. The first kappa shape index (κ1) is 18.3. The summed E-state index contributed by atoms with van der Waals surface area (Å²) in [5.41, 5.74) is 0. The highest BCUT2D eigenvalue weighted by Gasteiger charge is 2.77. The van der Waals surface area contributed by atoms with Gasteiger partial charge in [-0.3, -0.25) is 14.4 Å². The molecule has 0 aromatic carbocycles. The van der Waals surface area contributed by atoms with E-state index in [9.17, 15) is 34.8 Å². The van der Waals surface area contributed by atoms with Crippen molar-refractivity contribution in [3.8, 4) is 0 Å². The number of aliphatic hydroxyl groups is 4. The van der Waals surface area contributed by atoms with Crippen LogP contribution in [0.3, 0.4) is 0 Å². The minimum absolute atomic E-state index is 0.780. The number of carbonyl (C=O) groups excluding carboxylic acids is 3. The van der Waals surface area contributed by atoms with Crippen LogP contribution in [0.2, 0.25) is 0 Å². The molecule has 0 aliphatic carbocycles. The Bertz CT molecular complexity index is 490. The number of rotatable bonds is 3. The van der Waals surface area contributed by atoms with Gasteiger partial charge in [0.05, 0.1) is 0 Å². The Morgan fingerprint density at radius 3 is 1.82 bits per heavy atom. The lowest BCUT2D eigenvalue weighted by Gasteiger charge is -2.51. The van der Waals surface area contributed by atoms with Crippen molar-refractivity contribution in [1.82, 2.24) is 0 Å². The summed E-state index contributed by atoms with van der Waals surface area (Å²) < 4.78 is 17.7. The summed E-state index contributed by atoms with van der Waals surface area (Å²) in [7, 11) is 0. The maximum atomic E-state index is 11.2. The monoisotopic (exact) mass is 324 g/mol. The second-order valence-electron chi connectivity index (χ2n) is 4.57. The molecule has 0 amide bonds. The molecule has 0 bridgehead atoms. The lowest BCUT2D eigenvalue weighted by molar-refractivity contribution is -0.515. The molecule has 0 radical (unpaired) electrons. The summed E-state index contributed by atoms with van der Waals surface area (Å²) in [6, 6.07) is 0. The van der Waals surface area contributed by atoms with E-state index >= 15 is 0 Å². The van der Waals surface area contributed by atoms with Crippen molar-refractivity contribution in [2.75, 3.05) is 6.61 Å². The van der Waals surface area contributed by atoms with Crippen LogP contribution in [0.25, 0.3) is 0 Å². The average molecular weight is 324 g/mol. The molecular weight excluding hydrogens is 308 g/mol. The largest absolute Gasteiger partial charge is 0.423 e. The fraction of sp³-hybridized carbons (Fsp3) is 0.727. The lowest BCUT2D eigenvalue weighted by atomic mass is 9.92. The van der Waals surface area contributed by atoms with Crippen LogP contribution in [-0.4, -0.2) is 68.6 Å². The normalized spacial score (nSPS) is 38.0. The zero-order valence-corrected chi connectivity index (χ0v) is 11.9. The predicted molar refractivity (Wildman–Crippen MR) is 62.1 cm³/mol. The van der Waals surface area contributed by atoms with Crippen molar-refractivity contribution in [2.24, 2.45) is 0 Å². The van der Waals surface area contributed by atoms with Crippen LogP contribution in [0.1, 0.15) is 20.8 Å². The third kappa shape index (κ3) is 2.89. The van der Waals surface area contributed by atoms with E-state index in [0.29, 0.717) is 0 Å². The molecule has 11 nitrogen and oxygen atoms in total. The molecule has 4 atom stereocenters. The Hall–Kier alpha value is -1.79. The number of esters is 3. The molecule has 0 aromatic heterocycles. The van der Waals surface area contributed by atoms with Crippen LogP contribution in [0.5, 0.6) is 0 Å². The number of aliphatic hydroxyl groups excluding tert-OH is 1. The van der Waals surface area contributed by atoms with Crippen molar-refractivity contribution in [2.45, 2.75) is 44.4 Å². The Morgan fingerprint density at radius 1 is 0.955 bits per heavy atom. The summed E-state index contributed by atoms with van der Waals surface area (Å²) in [6.45, 7) is 1.31. The van der Waals surface area contributed by atoms with E-state index in [4.69, 9.17) is 0 Å². The predicted octanol–water partition coefficient (Wildman–Crippen LogP) is -2.91. The van der Waals surface area contributed by atoms with Gasteiger partial charge in [0.25, 0.3) is 0 Å². The molecule has 1 aliphatic rings. The highest BCUT2D eigenvalue weighted by Crippen LogP contribution is 2.43. The summed E-state index contributed by atoms with van der Waals surface area (Å²) >= 11 is 0. The van der Waals surface area contributed by atoms with Gasteiger partial charge in [0.1, 0.15) is 6.61 Å². The van der Waals surface area contributed by atoms with Gasteiger partial charge in [-0.2, -0.15) is 0 Å². The van der Waals surface area contributed by atoms with E-state index in [-0.39, 0.29) is 0 Å². The molecule has 1 fully saturated rings. The van der Waals surface area contributed by atoms with Crippen LogP contribution in [0.15, 0.2) is 0 Å². The maximum absolute atomic E-state index is 11.2. The second-order valence-corrected chi connectivity index (χ2v) is 4.57. The van der Waals surface area contributed by atoms with Crippen LogP contribution in [0.4, 0.5) is 0 Å². The molecule has 1 aliphatic heterocycles. The Labute approximate surface area is 123 Å². The van der Waals surface area contributed by atoms with Crippen LogP contribution in [-0.2, 0) is 33.3 Å². The molecule has 1 heterocycles. The number of ether oxygens (including phenoxy) is 4. The van der Waals surface area contributed by atoms with Crippen molar-refractivity contribution >= 4 is 17.9 Å². The van der Waals surface area contributed by atoms with Crippen molar-refractivity contribution in [1.29, 1.82) is 0 Å². The van der Waals surface area contributed by atoms with Gasteiger partial charge in [-0.05, 0) is 0 Å². The Morgan fingerprint density at radius 2 is 1.41 bits per heavy atom. The van der Waals surface area contributed by atoms with Crippen molar-refractivity contribution < 1.29 is 53.8 Å². The van der Waals surface area contributed by atoms with Gasteiger partial charge in [0, 0.05) is 20.8 Å². The number of hydrogen-bond acceptors (Lipinski definition) is 11. The van der Waals surface area contributed by atoms with Gasteiger partial charge in [0.15, 0.2) is 0 Å². The summed E-state index contributed by atoms with van der Waals surface area (Å²) in [6.07, 6.45) is -2.42. The molecule has 1 saturated heterocycles. The Kier molecular flexibility index (Phi) is 4.79. The summed E-state index contributed by atoms with van der Waals surface area (Å²) in [5, 5.41) is 40.5. The fourth-order valence-electron chi connectivity index (χ4n) is 1.89. The minimum Gasteiger partial charge on any atom is -0.423 e. The molecule has 1 unspecified atom stereocenters. The first-order valence-electron chi connectivity index (χ1n) is 5.93. The standard InChI is InChI=1S/C11H16O11/c1-5(12)20-9(16)4-19-8(15)10(17,21-6(2)13)11(9,18)22-7(3)14/h8,15-18H,4H2,1-3H3/t8?,9-,10+,11+/m0/s1. The molecule has 126 valence electrons. The topological polar surface area (TPSA) is 169 Å². The molecule has 11 heteroatoms. The minimum atomic E-state index is -3.55. The van der Waals surface area contributed by atoms with Gasteiger partial charge in [-0.25, -0.2) is 0 Å². The molecule has 0 spiro atoms. The van der Waals surface area contributed by atoms with Gasteiger partial charge < -0.3 is 39.4 Å². The quantitative estimate of drug-likeness (QED) is 0.238. The SMILES string of the molecule is CC(=O)O[C@]1(O)[C@@](O)(OC(C)=O)COC(O)[C@@]1(O)OC(C)=O. The first-order chi connectivity index (χ1) is 9.88. The molecule has 0 aromatic rings. The zero-order chi connectivity index (χ0) is 17.3. The van der Waals surface area contributed by atoms with Crippen LogP contribution < -0.4 is 0 Å². The fourth-order valence-corrected chi connectivity index (χ4v) is 1.89. The van der Waals surface area contributed by atoms with E-state index in [1.807, 2.05) is 0 Å². The Balaban J connectivity index is 3.45. The summed E-state index contributed by atoms with van der Waals surface area (Å²) in [5.74, 6) is -13.8. The van der Waals surface area contributed by atoms with E-state index in [1.165, 1.54) is 0 Å². The molecular formula is C11H16O11. The van der Waals surface area contributed by atoms with E-state index in [0.717, 1.165) is 20.8 Å². The van der Waals surface area contributed by atoms with E-state index in [2.05, 4.69) is 18.9 Å². The third-order valence-corrected chi connectivity index (χ3v) is 2.69. The zero-order valence-electron chi connectivity index (χ0n) is 11.9. The maximum Gasteiger partial charge on any atom is 0.351 e. The van der Waals surface area contributed by atoms with Crippen molar-refractivity contribution in [3.63, 3.8) is 0 Å². The molecule has 22 heavy (non-hydrogen) atoms. The van der Waals surface area contributed by atoms with Crippen molar-refractivity contribution in [3.05, 3.63) is 0 Å². The van der Waals surface area contributed by atoms with E-state index in [1.54, 1.807) is 0 Å². The molecule has 1 rings (SSSR count). The van der Waals surface area contributed by atoms with Gasteiger partial charge in [-0.15, -0.1) is 0 Å². The summed E-state index contributed by atoms with van der Waals surface area (Å²) in [4.78, 5) is 33.3. The lowest BCUT2D eigenvalue weighted by Crippen LogP contribution is -2.80. The van der Waals surface area contributed by atoms with Crippen LogP contribution in [0, 0.1) is 0 Å². The van der Waals surface area contributed by atoms with E-state index < -0.39 is 48.2 Å². The number of hydrogen-bond donors (Lipinski definition) is 4. The van der Waals surface area contributed by atoms with Gasteiger partial charge >= 0.3 is 35.3 Å². The number of carbonyl (C=O) groups is 3. The second kappa shape index (κ2) is 5.78. The average Bonchev–Trinajstić information content (AvgIpc) is 2.31. The molecule has 0 saturated carbocycles. The highest BCUT2D eigenvalue weighted by atomic mass is 16.8. The third-order valence-electron chi connectivity index (χ3n) is 2.69. The first-order valence-corrected chi connectivity index (χ1v) is 5.93. The van der Waals surface area contributed by atoms with Gasteiger partial charge in [0.2, 0.25) is 6.29 Å². The van der Waals surface area contributed by atoms with Gasteiger partial charge in [-0.1, -0.05) is 0 Å².